The molecule has 3 heterocycles. The zero-order valence-electron chi connectivity index (χ0n) is 20.9. The molecule has 3 aromatic heterocycles. The molecule has 1 unspecified atom stereocenters. The molecule has 0 saturated heterocycles. The van der Waals surface area contributed by atoms with Gasteiger partial charge in [-0.15, -0.1) is 0 Å². The first-order chi connectivity index (χ1) is 18.5. The molecule has 1 aliphatic rings. The van der Waals surface area contributed by atoms with Crippen molar-refractivity contribution in [1.29, 1.82) is 0 Å². The monoisotopic (exact) mass is 518 g/mol. The van der Waals surface area contributed by atoms with E-state index in [0.29, 0.717) is 17.3 Å². The molecule has 11 nitrogen and oxygen atoms in total. The normalized spacial score (nSPS) is 14.8. The molecule has 1 saturated carbocycles. The van der Waals surface area contributed by atoms with E-state index in [9.17, 15) is 19.5 Å². The molecule has 0 bridgehead atoms. The standard InChI is InChI=1S/C27H30N6O5/c34-24(31-22(27(36)37)13-19-14-28-16-30-19)8-10-29-26(35)17-6-7-23-21(12-17)32-25(18-9-11-38-15-18)33(23)20-4-2-1-3-5-20/h6-7,9,11-12,14-16,20,22H,1-5,8,10,13H2,(H,28,30)(H,29,35)(H,31,34)(H,36,37). The maximum atomic E-state index is 12.8. The highest BCUT2D eigenvalue weighted by Gasteiger charge is 2.24. The van der Waals surface area contributed by atoms with Gasteiger partial charge in [0.15, 0.2) is 0 Å². The highest BCUT2D eigenvalue weighted by atomic mass is 16.4. The van der Waals surface area contributed by atoms with Gasteiger partial charge in [0, 0.05) is 42.9 Å². The summed E-state index contributed by atoms with van der Waals surface area (Å²) in [6.45, 7) is 0.0654. The number of carbonyl (C=O) groups excluding carboxylic acids is 2. The van der Waals surface area contributed by atoms with E-state index in [4.69, 9.17) is 9.40 Å². The molecule has 0 radical (unpaired) electrons. The third-order valence-electron chi connectivity index (χ3n) is 6.92. The van der Waals surface area contributed by atoms with Gasteiger partial charge in [0.1, 0.15) is 18.1 Å². The minimum atomic E-state index is -1.15. The third kappa shape index (κ3) is 5.61. The first kappa shape index (κ1) is 25.2. The summed E-state index contributed by atoms with van der Waals surface area (Å²) in [5.74, 6) is -1.11. The number of hydrogen-bond donors (Lipinski definition) is 4. The van der Waals surface area contributed by atoms with Crippen molar-refractivity contribution in [2.75, 3.05) is 6.54 Å². The Labute approximate surface area is 218 Å². The lowest BCUT2D eigenvalue weighted by Crippen LogP contribution is -2.43. The number of aliphatic carboxylic acids is 1. The predicted octanol–water partition coefficient (Wildman–Crippen LogP) is 3.46. The Hall–Kier alpha value is -4.41. The molecular formula is C27H30N6O5. The molecule has 4 aromatic rings. The van der Waals surface area contributed by atoms with E-state index in [-0.39, 0.29) is 25.3 Å². The van der Waals surface area contributed by atoms with Crippen LogP contribution in [0, 0.1) is 0 Å². The third-order valence-corrected chi connectivity index (χ3v) is 6.92. The molecule has 5 rings (SSSR count). The van der Waals surface area contributed by atoms with Crippen LogP contribution in [0.1, 0.15) is 60.6 Å². The van der Waals surface area contributed by atoms with Gasteiger partial charge in [-0.1, -0.05) is 19.3 Å². The quantitative estimate of drug-likeness (QED) is 0.251. The lowest BCUT2D eigenvalue weighted by Gasteiger charge is -2.25. The van der Waals surface area contributed by atoms with Crippen LogP contribution >= 0.6 is 0 Å². The van der Waals surface area contributed by atoms with Gasteiger partial charge >= 0.3 is 5.97 Å². The fourth-order valence-corrected chi connectivity index (χ4v) is 5.02. The second kappa shape index (κ2) is 11.3. The highest BCUT2D eigenvalue weighted by Crippen LogP contribution is 2.36. The van der Waals surface area contributed by atoms with Crippen LogP contribution in [-0.4, -0.2) is 55.0 Å². The molecule has 4 N–H and O–H groups in total. The Morgan fingerprint density at radius 3 is 2.74 bits per heavy atom. The van der Waals surface area contributed by atoms with Crippen LogP contribution < -0.4 is 10.6 Å². The number of H-pyrrole nitrogens is 1. The SMILES string of the molecule is O=C(CCNC(=O)c1ccc2c(c1)nc(-c1ccoc1)n2C1CCCCC1)NC(Cc1cnc[nH]1)C(=O)O. The topological polar surface area (TPSA) is 155 Å². The van der Waals surface area contributed by atoms with E-state index in [0.717, 1.165) is 35.3 Å². The molecule has 38 heavy (non-hydrogen) atoms. The van der Waals surface area contributed by atoms with Gasteiger partial charge in [0.05, 0.1) is 29.2 Å². The zero-order chi connectivity index (χ0) is 26.5. The number of fused-ring (bicyclic) bond motifs is 1. The average molecular weight is 519 g/mol. The second-order valence-corrected chi connectivity index (χ2v) is 9.56. The van der Waals surface area contributed by atoms with Crippen LogP contribution in [0.5, 0.6) is 0 Å². The summed E-state index contributed by atoms with van der Waals surface area (Å²) in [7, 11) is 0. The number of carboxylic acids is 1. The number of aromatic nitrogens is 4. The van der Waals surface area contributed by atoms with Crippen molar-refractivity contribution in [1.82, 2.24) is 30.2 Å². The minimum Gasteiger partial charge on any atom is -0.480 e. The van der Waals surface area contributed by atoms with E-state index < -0.39 is 17.9 Å². The van der Waals surface area contributed by atoms with Gasteiger partial charge in [0.2, 0.25) is 5.91 Å². The number of carbonyl (C=O) groups is 3. The number of imidazole rings is 2. The first-order valence-corrected chi connectivity index (χ1v) is 12.8. The molecule has 1 aliphatic carbocycles. The second-order valence-electron chi connectivity index (χ2n) is 9.56. The molecule has 198 valence electrons. The number of furan rings is 1. The lowest BCUT2D eigenvalue weighted by atomic mass is 9.95. The Morgan fingerprint density at radius 2 is 2.03 bits per heavy atom. The highest BCUT2D eigenvalue weighted by molar-refractivity contribution is 5.98. The van der Waals surface area contributed by atoms with Crippen molar-refractivity contribution in [2.24, 2.45) is 0 Å². The van der Waals surface area contributed by atoms with E-state index >= 15 is 0 Å². The molecule has 0 aliphatic heterocycles. The number of nitrogens with zero attached hydrogens (tertiary/aromatic N) is 3. The summed E-state index contributed by atoms with van der Waals surface area (Å²) in [5, 5.41) is 14.6. The van der Waals surface area contributed by atoms with Gasteiger partial charge in [-0.2, -0.15) is 0 Å². The number of rotatable bonds is 10. The molecule has 2 amide bonds. The van der Waals surface area contributed by atoms with Crippen LogP contribution in [0.2, 0.25) is 0 Å². The summed E-state index contributed by atoms with van der Waals surface area (Å²) < 4.78 is 7.58. The van der Waals surface area contributed by atoms with Crippen molar-refractivity contribution >= 4 is 28.8 Å². The molecule has 1 atom stereocenters. The van der Waals surface area contributed by atoms with Gasteiger partial charge in [-0.05, 0) is 37.1 Å². The molecule has 11 heteroatoms. The van der Waals surface area contributed by atoms with Gasteiger partial charge in [0.25, 0.3) is 5.91 Å². The summed E-state index contributed by atoms with van der Waals surface area (Å²) in [6.07, 6.45) is 12.1. The van der Waals surface area contributed by atoms with E-state index in [1.54, 1.807) is 24.7 Å². The van der Waals surface area contributed by atoms with Crippen molar-refractivity contribution in [3.05, 3.63) is 60.6 Å². The van der Waals surface area contributed by atoms with Crippen LogP contribution in [0.4, 0.5) is 0 Å². The molecule has 0 spiro atoms. The Bertz CT molecular complexity index is 1400. The molecule has 1 aromatic carbocycles. The lowest BCUT2D eigenvalue weighted by molar-refractivity contribution is -0.141. The largest absolute Gasteiger partial charge is 0.480 e. The fraction of sp³-hybridized carbons (Fsp3) is 0.370. The van der Waals surface area contributed by atoms with Gasteiger partial charge in [-0.3, -0.25) is 9.59 Å². The van der Waals surface area contributed by atoms with Crippen LogP contribution in [-0.2, 0) is 16.0 Å². The first-order valence-electron chi connectivity index (χ1n) is 12.8. The maximum Gasteiger partial charge on any atom is 0.326 e. The minimum absolute atomic E-state index is 0.0539. The van der Waals surface area contributed by atoms with E-state index in [1.165, 1.54) is 31.8 Å². The molecular weight excluding hydrogens is 488 g/mol. The summed E-state index contributed by atoms with van der Waals surface area (Å²) in [6, 6.07) is 6.60. The number of amides is 2. The van der Waals surface area contributed by atoms with Crippen LogP contribution in [0.15, 0.2) is 53.7 Å². The van der Waals surface area contributed by atoms with Gasteiger partial charge in [-0.25, -0.2) is 14.8 Å². The Balaban J connectivity index is 1.24. The van der Waals surface area contributed by atoms with E-state index in [1.807, 2.05) is 12.1 Å². The smallest absolute Gasteiger partial charge is 0.326 e. The number of carboxylic acid groups (broad SMARTS) is 1. The fourth-order valence-electron chi connectivity index (χ4n) is 5.02. The predicted molar refractivity (Wildman–Crippen MR) is 138 cm³/mol. The van der Waals surface area contributed by atoms with Crippen molar-refractivity contribution in [2.45, 2.75) is 57.0 Å². The summed E-state index contributed by atoms with van der Waals surface area (Å²) >= 11 is 0. The van der Waals surface area contributed by atoms with Crippen LogP contribution in [0.3, 0.4) is 0 Å². The van der Waals surface area contributed by atoms with E-state index in [2.05, 4.69) is 25.2 Å². The van der Waals surface area contributed by atoms with Crippen molar-refractivity contribution in [3.8, 4) is 11.4 Å². The maximum absolute atomic E-state index is 12.8. The number of benzene rings is 1. The summed E-state index contributed by atoms with van der Waals surface area (Å²) in [4.78, 5) is 48.2. The zero-order valence-corrected chi connectivity index (χ0v) is 20.9. The number of nitrogens with one attached hydrogen (secondary N) is 3. The Morgan fingerprint density at radius 1 is 1.18 bits per heavy atom. The number of aromatic amines is 1. The van der Waals surface area contributed by atoms with Crippen molar-refractivity contribution in [3.63, 3.8) is 0 Å². The Kier molecular flexibility index (Phi) is 7.52. The molecule has 1 fully saturated rings. The van der Waals surface area contributed by atoms with Crippen molar-refractivity contribution < 1.29 is 23.9 Å². The summed E-state index contributed by atoms with van der Waals surface area (Å²) in [5.41, 5.74) is 3.63. The average Bonchev–Trinajstić information content (AvgIpc) is 3.69. The van der Waals surface area contributed by atoms with Crippen LogP contribution in [0.25, 0.3) is 22.4 Å². The van der Waals surface area contributed by atoms with Gasteiger partial charge < -0.3 is 29.7 Å². The number of hydrogen-bond acceptors (Lipinski definition) is 6.